The predicted octanol–water partition coefficient (Wildman–Crippen LogP) is 4.67. The monoisotopic (exact) mass is 293 g/mol. The van der Waals surface area contributed by atoms with Crippen molar-refractivity contribution in [3.05, 3.63) is 71.8 Å². The molecule has 1 unspecified atom stereocenters. The summed E-state index contributed by atoms with van der Waals surface area (Å²) in [6.07, 6.45) is 0. The van der Waals surface area contributed by atoms with E-state index in [1.165, 1.54) is 5.06 Å². The summed E-state index contributed by atoms with van der Waals surface area (Å²) in [4.78, 5) is 0. The largest absolute Gasteiger partial charge is 0.312 e. The van der Waals surface area contributed by atoms with Crippen LogP contribution in [0.1, 0.15) is 37.9 Å². The molecule has 1 N–H and O–H groups in total. The van der Waals surface area contributed by atoms with Gasteiger partial charge in [0.25, 0.3) is 0 Å². The van der Waals surface area contributed by atoms with Crippen LogP contribution in [0.25, 0.3) is 0 Å². The van der Waals surface area contributed by atoms with Crippen LogP contribution in [-0.2, 0) is 6.54 Å². The van der Waals surface area contributed by atoms with E-state index < -0.39 is 0 Å². The van der Waals surface area contributed by atoms with E-state index in [9.17, 15) is 5.21 Å². The fraction of sp³-hybridized carbons (Fsp3) is 0.300. The zero-order chi connectivity index (χ0) is 16.0. The molecule has 0 bridgehead atoms. The third-order valence-electron chi connectivity index (χ3n) is 3.18. The Kier molecular flexibility index (Phi) is 5.38. The molecule has 0 amide bonds. The first kappa shape index (κ1) is 16.3. The van der Waals surface area contributed by atoms with E-state index in [2.05, 4.69) is 32.6 Å². The van der Waals surface area contributed by atoms with Crippen molar-refractivity contribution in [2.75, 3.05) is 0 Å². The second-order valence-electron chi connectivity index (χ2n) is 6.42. The van der Waals surface area contributed by atoms with Gasteiger partial charge in [-0.15, -0.1) is 0 Å². The lowest BCUT2D eigenvalue weighted by molar-refractivity contribution is -0.121. The molecule has 0 radical (unpaired) electrons. The highest BCUT2D eigenvalue weighted by molar-refractivity contribution is 5.28. The summed E-state index contributed by atoms with van der Waals surface area (Å²) >= 11 is 0. The number of hydroxylamine groups is 2. The Morgan fingerprint density at radius 2 is 1.50 bits per heavy atom. The van der Waals surface area contributed by atoms with Gasteiger partial charge in [-0.2, -0.15) is 5.06 Å². The SMILES string of the molecule is CC(C)(C)C#CC(c1ccccc1)N(O)Cc1ccccc1. The maximum atomic E-state index is 10.5. The van der Waals surface area contributed by atoms with Crippen molar-refractivity contribution in [2.24, 2.45) is 5.41 Å². The number of benzene rings is 2. The number of hydrogen-bond donors (Lipinski definition) is 1. The van der Waals surface area contributed by atoms with E-state index in [-0.39, 0.29) is 11.5 Å². The Bertz CT molecular complexity index is 632. The maximum absolute atomic E-state index is 10.5. The van der Waals surface area contributed by atoms with Crippen molar-refractivity contribution < 1.29 is 5.21 Å². The van der Waals surface area contributed by atoms with Crippen LogP contribution >= 0.6 is 0 Å². The molecule has 0 spiro atoms. The average Bonchev–Trinajstić information content (AvgIpc) is 2.48. The molecule has 2 nitrogen and oxygen atoms in total. The molecule has 22 heavy (non-hydrogen) atoms. The molecule has 114 valence electrons. The molecule has 0 saturated carbocycles. The molecule has 1 atom stereocenters. The van der Waals surface area contributed by atoms with Gasteiger partial charge < -0.3 is 5.21 Å². The lowest BCUT2D eigenvalue weighted by atomic mass is 9.96. The normalized spacial score (nSPS) is 12.6. The van der Waals surface area contributed by atoms with Gasteiger partial charge in [-0.25, -0.2) is 0 Å². The Morgan fingerprint density at radius 3 is 2.05 bits per heavy atom. The zero-order valence-electron chi connectivity index (χ0n) is 13.5. The summed E-state index contributed by atoms with van der Waals surface area (Å²) in [6, 6.07) is 19.5. The third-order valence-corrected chi connectivity index (χ3v) is 3.18. The summed E-state index contributed by atoms with van der Waals surface area (Å²) in [5, 5.41) is 11.9. The summed E-state index contributed by atoms with van der Waals surface area (Å²) in [5.74, 6) is 6.46. The van der Waals surface area contributed by atoms with E-state index >= 15 is 0 Å². The Balaban J connectivity index is 2.25. The van der Waals surface area contributed by atoms with Gasteiger partial charge in [0.1, 0.15) is 6.04 Å². The van der Waals surface area contributed by atoms with Gasteiger partial charge in [0, 0.05) is 5.41 Å². The molecule has 2 aromatic carbocycles. The van der Waals surface area contributed by atoms with E-state index in [0.29, 0.717) is 6.54 Å². The summed E-state index contributed by atoms with van der Waals surface area (Å²) < 4.78 is 0. The predicted molar refractivity (Wildman–Crippen MR) is 90.2 cm³/mol. The second kappa shape index (κ2) is 7.26. The molecule has 0 heterocycles. The summed E-state index contributed by atoms with van der Waals surface area (Å²) in [7, 11) is 0. The molecule has 0 fully saturated rings. The topological polar surface area (TPSA) is 23.5 Å². The number of rotatable bonds is 4. The molecule has 0 saturated heterocycles. The second-order valence-corrected chi connectivity index (χ2v) is 6.42. The first-order chi connectivity index (χ1) is 10.5. The smallest absolute Gasteiger partial charge is 0.121 e. The molecular formula is C20H23NO. The van der Waals surface area contributed by atoms with Crippen LogP contribution in [0.5, 0.6) is 0 Å². The summed E-state index contributed by atoms with van der Waals surface area (Å²) in [6.45, 7) is 6.65. The van der Waals surface area contributed by atoms with Gasteiger partial charge in [-0.1, -0.05) is 72.5 Å². The van der Waals surface area contributed by atoms with Crippen molar-refractivity contribution >= 4 is 0 Å². The minimum absolute atomic E-state index is 0.0966. The van der Waals surface area contributed by atoms with Crippen molar-refractivity contribution in [2.45, 2.75) is 33.4 Å². The zero-order valence-corrected chi connectivity index (χ0v) is 13.5. The van der Waals surface area contributed by atoms with Crippen LogP contribution < -0.4 is 0 Å². The van der Waals surface area contributed by atoms with E-state index in [0.717, 1.165) is 11.1 Å². The summed E-state index contributed by atoms with van der Waals surface area (Å²) in [5.41, 5.74) is 1.96. The highest BCUT2D eigenvalue weighted by atomic mass is 16.5. The Morgan fingerprint density at radius 1 is 0.955 bits per heavy atom. The molecule has 0 aliphatic rings. The van der Waals surface area contributed by atoms with Crippen molar-refractivity contribution in [1.29, 1.82) is 0 Å². The third kappa shape index (κ3) is 5.04. The Labute approximate surface area is 133 Å². The van der Waals surface area contributed by atoms with E-state index in [4.69, 9.17) is 0 Å². The van der Waals surface area contributed by atoms with Gasteiger partial charge in [0.05, 0.1) is 6.54 Å². The van der Waals surface area contributed by atoms with Crippen molar-refractivity contribution in [1.82, 2.24) is 5.06 Å². The van der Waals surface area contributed by atoms with E-state index in [1.807, 2.05) is 60.7 Å². The Hall–Kier alpha value is -2.08. The average molecular weight is 293 g/mol. The van der Waals surface area contributed by atoms with Crippen LogP contribution in [0.2, 0.25) is 0 Å². The molecule has 0 aliphatic carbocycles. The molecule has 0 aliphatic heterocycles. The minimum atomic E-state index is -0.333. The van der Waals surface area contributed by atoms with Crippen LogP contribution in [0.3, 0.4) is 0 Å². The minimum Gasteiger partial charge on any atom is -0.312 e. The molecule has 2 heteroatoms. The van der Waals surface area contributed by atoms with Crippen LogP contribution in [0.4, 0.5) is 0 Å². The fourth-order valence-corrected chi connectivity index (χ4v) is 2.11. The fourth-order valence-electron chi connectivity index (χ4n) is 2.11. The van der Waals surface area contributed by atoms with Gasteiger partial charge in [0.2, 0.25) is 0 Å². The van der Waals surface area contributed by atoms with Crippen molar-refractivity contribution in [3.63, 3.8) is 0 Å². The maximum Gasteiger partial charge on any atom is 0.121 e. The molecule has 2 aromatic rings. The lowest BCUT2D eigenvalue weighted by Crippen LogP contribution is -2.24. The quantitative estimate of drug-likeness (QED) is 0.654. The standard InChI is InChI=1S/C20H23NO/c1-20(2,3)15-14-19(18-12-8-5-9-13-18)21(22)16-17-10-6-4-7-11-17/h4-13,19,22H,16H2,1-3H3. The first-order valence-corrected chi connectivity index (χ1v) is 7.53. The van der Waals surface area contributed by atoms with E-state index in [1.54, 1.807) is 0 Å². The van der Waals surface area contributed by atoms with Gasteiger partial charge in [-0.05, 0) is 31.9 Å². The molecule has 0 aromatic heterocycles. The van der Waals surface area contributed by atoms with Gasteiger partial charge >= 0.3 is 0 Å². The highest BCUT2D eigenvalue weighted by Crippen LogP contribution is 2.21. The van der Waals surface area contributed by atoms with Crippen LogP contribution in [0, 0.1) is 17.3 Å². The highest BCUT2D eigenvalue weighted by Gasteiger charge is 2.17. The van der Waals surface area contributed by atoms with Crippen LogP contribution in [0.15, 0.2) is 60.7 Å². The molecular weight excluding hydrogens is 270 g/mol. The number of nitrogens with zero attached hydrogens (tertiary/aromatic N) is 1. The van der Waals surface area contributed by atoms with Gasteiger partial charge in [0.15, 0.2) is 0 Å². The molecule has 2 rings (SSSR count). The van der Waals surface area contributed by atoms with Crippen molar-refractivity contribution in [3.8, 4) is 11.8 Å². The van der Waals surface area contributed by atoms with Crippen LogP contribution in [-0.4, -0.2) is 10.3 Å². The van der Waals surface area contributed by atoms with Gasteiger partial charge in [-0.3, -0.25) is 0 Å². The number of hydrogen-bond acceptors (Lipinski definition) is 2. The lowest BCUT2D eigenvalue weighted by Gasteiger charge is -2.23. The first-order valence-electron chi connectivity index (χ1n) is 7.53.